The summed E-state index contributed by atoms with van der Waals surface area (Å²) in [5.74, 6) is 0. The van der Waals surface area contributed by atoms with Gasteiger partial charge >= 0.3 is 12.3 Å². The molecule has 5 nitrogen and oxygen atoms in total. The smallest absolute Gasteiger partial charge is 0.414 e. The Morgan fingerprint density at radius 2 is 2.00 bits per heavy atom. The summed E-state index contributed by atoms with van der Waals surface area (Å²) in [7, 11) is 0. The highest BCUT2D eigenvalue weighted by molar-refractivity contribution is 5.69. The maximum atomic E-state index is 13.7. The minimum atomic E-state index is -4.65. The fourth-order valence-electron chi connectivity index (χ4n) is 4.38. The summed E-state index contributed by atoms with van der Waals surface area (Å²) >= 11 is 0. The number of amides is 1. The average molecular weight is 419 g/mol. The molecule has 1 aromatic carbocycles. The molecular weight excluding hydrogens is 395 g/mol. The van der Waals surface area contributed by atoms with E-state index in [1.165, 1.54) is 23.4 Å². The van der Waals surface area contributed by atoms with Gasteiger partial charge in [0, 0.05) is 18.0 Å². The number of cyclic esters (lactones) is 1. The van der Waals surface area contributed by atoms with Crippen LogP contribution in [0, 0.1) is 0 Å². The van der Waals surface area contributed by atoms with Crippen molar-refractivity contribution in [2.45, 2.75) is 50.4 Å². The molecule has 1 amide bonds. The van der Waals surface area contributed by atoms with Crippen LogP contribution in [-0.2, 0) is 16.6 Å². The van der Waals surface area contributed by atoms with Gasteiger partial charge in [0.15, 0.2) is 6.04 Å². The number of nitrogens with zero attached hydrogens (tertiary/aromatic N) is 2. The summed E-state index contributed by atoms with van der Waals surface area (Å²) in [6.07, 6.45) is -3.01. The fraction of sp³-hybridized carbons (Fsp3) is 0.455. The molecule has 1 aliphatic heterocycles. The molecule has 1 fully saturated rings. The van der Waals surface area contributed by atoms with E-state index >= 15 is 0 Å². The maximum absolute atomic E-state index is 13.7. The van der Waals surface area contributed by atoms with Crippen LogP contribution in [0.5, 0.6) is 0 Å². The number of anilines is 1. The lowest BCUT2D eigenvalue weighted by atomic mass is 9.83. The second kappa shape index (κ2) is 7.49. The van der Waals surface area contributed by atoms with Gasteiger partial charge in [-0.15, -0.1) is 0 Å². The van der Waals surface area contributed by atoms with Crippen molar-refractivity contribution in [2.24, 2.45) is 0 Å². The number of fused-ring (bicyclic) bond motifs is 1. The van der Waals surface area contributed by atoms with Crippen molar-refractivity contribution < 1.29 is 22.7 Å². The van der Waals surface area contributed by atoms with Gasteiger partial charge in [0.05, 0.1) is 24.2 Å². The number of aromatic nitrogens is 1. The van der Waals surface area contributed by atoms with Crippen LogP contribution in [0.3, 0.4) is 0 Å². The van der Waals surface area contributed by atoms with Crippen molar-refractivity contribution in [3.05, 3.63) is 59.4 Å². The number of benzene rings is 1. The third-order valence-electron chi connectivity index (χ3n) is 6.04. The SMILES string of the molecule is CC1(C)c2ccccc2CC1Nc1ccc(C(N2CCCOC2=O)C(F)(F)F)nc1. The first-order valence-corrected chi connectivity index (χ1v) is 9.99. The van der Waals surface area contributed by atoms with Crippen LogP contribution in [0.2, 0.25) is 0 Å². The van der Waals surface area contributed by atoms with Crippen LogP contribution in [-0.4, -0.2) is 41.3 Å². The van der Waals surface area contributed by atoms with Gasteiger partial charge in [-0.2, -0.15) is 13.2 Å². The molecule has 0 spiro atoms. The maximum Gasteiger partial charge on any atom is 0.414 e. The van der Waals surface area contributed by atoms with Crippen LogP contribution in [0.25, 0.3) is 0 Å². The molecule has 1 N–H and O–H groups in total. The van der Waals surface area contributed by atoms with E-state index in [-0.39, 0.29) is 30.3 Å². The largest absolute Gasteiger partial charge is 0.449 e. The zero-order valence-electron chi connectivity index (χ0n) is 16.9. The van der Waals surface area contributed by atoms with E-state index in [1.807, 2.05) is 12.1 Å². The number of hydrogen-bond donors (Lipinski definition) is 1. The number of ether oxygens (including phenoxy) is 1. The number of rotatable bonds is 4. The topological polar surface area (TPSA) is 54.5 Å². The Balaban J connectivity index is 1.54. The summed E-state index contributed by atoms with van der Waals surface area (Å²) in [5.41, 5.74) is 2.84. The number of hydrogen-bond acceptors (Lipinski definition) is 4. The van der Waals surface area contributed by atoms with Gasteiger partial charge in [-0.1, -0.05) is 38.1 Å². The molecule has 1 aliphatic carbocycles. The van der Waals surface area contributed by atoms with E-state index in [2.05, 4.69) is 36.3 Å². The van der Waals surface area contributed by atoms with E-state index in [9.17, 15) is 18.0 Å². The number of halogens is 3. The Bertz CT molecular complexity index is 928. The van der Waals surface area contributed by atoms with Crippen molar-refractivity contribution in [2.75, 3.05) is 18.5 Å². The molecule has 4 rings (SSSR count). The summed E-state index contributed by atoms with van der Waals surface area (Å²) in [4.78, 5) is 16.7. The third kappa shape index (κ3) is 3.70. The van der Waals surface area contributed by atoms with Gasteiger partial charge in [0.2, 0.25) is 0 Å². The van der Waals surface area contributed by atoms with E-state index in [1.54, 1.807) is 6.07 Å². The summed E-state index contributed by atoms with van der Waals surface area (Å²) in [6, 6.07) is 9.14. The first kappa shape index (κ1) is 20.5. The van der Waals surface area contributed by atoms with Crippen molar-refractivity contribution in [1.82, 2.24) is 9.88 Å². The Morgan fingerprint density at radius 1 is 1.23 bits per heavy atom. The first-order chi connectivity index (χ1) is 14.2. The number of pyridine rings is 1. The summed E-state index contributed by atoms with van der Waals surface area (Å²) in [5, 5.41) is 3.42. The van der Waals surface area contributed by atoms with Crippen molar-refractivity contribution >= 4 is 11.8 Å². The quantitative estimate of drug-likeness (QED) is 0.771. The van der Waals surface area contributed by atoms with Crippen LogP contribution in [0.1, 0.15) is 43.1 Å². The summed E-state index contributed by atoms with van der Waals surface area (Å²) in [6.45, 7) is 4.43. The third-order valence-corrected chi connectivity index (χ3v) is 6.04. The normalized spacial score (nSPS) is 21.7. The molecule has 30 heavy (non-hydrogen) atoms. The van der Waals surface area contributed by atoms with E-state index in [0.717, 1.165) is 6.42 Å². The van der Waals surface area contributed by atoms with Gasteiger partial charge < -0.3 is 10.1 Å². The highest BCUT2D eigenvalue weighted by Gasteiger charge is 2.48. The number of carbonyl (C=O) groups excluding carboxylic acids is 1. The zero-order chi connectivity index (χ0) is 21.5. The number of carbonyl (C=O) groups is 1. The van der Waals surface area contributed by atoms with E-state index in [0.29, 0.717) is 17.0 Å². The molecule has 0 bridgehead atoms. The highest BCUT2D eigenvalue weighted by atomic mass is 19.4. The Morgan fingerprint density at radius 3 is 2.63 bits per heavy atom. The van der Waals surface area contributed by atoms with Crippen LogP contribution in [0.15, 0.2) is 42.6 Å². The second-order valence-electron chi connectivity index (χ2n) is 8.36. The molecule has 8 heteroatoms. The van der Waals surface area contributed by atoms with Gasteiger partial charge in [0.25, 0.3) is 0 Å². The Labute approximate surface area is 173 Å². The molecule has 0 saturated carbocycles. The molecule has 1 saturated heterocycles. The molecule has 2 heterocycles. The number of alkyl halides is 3. The first-order valence-electron chi connectivity index (χ1n) is 9.99. The zero-order valence-corrected chi connectivity index (χ0v) is 16.9. The molecule has 2 atom stereocenters. The average Bonchev–Trinajstić information content (AvgIpc) is 2.94. The van der Waals surface area contributed by atoms with Crippen molar-refractivity contribution in [3.8, 4) is 0 Å². The van der Waals surface area contributed by atoms with E-state index < -0.39 is 18.3 Å². The monoisotopic (exact) mass is 419 g/mol. The van der Waals surface area contributed by atoms with Crippen LogP contribution < -0.4 is 5.32 Å². The van der Waals surface area contributed by atoms with Crippen LogP contribution in [0.4, 0.5) is 23.7 Å². The van der Waals surface area contributed by atoms with Gasteiger partial charge in [-0.3, -0.25) is 9.88 Å². The van der Waals surface area contributed by atoms with Gasteiger partial charge in [-0.05, 0) is 36.1 Å². The lowest BCUT2D eigenvalue weighted by Gasteiger charge is -2.34. The molecule has 2 aliphatic rings. The minimum absolute atomic E-state index is 0.0147. The van der Waals surface area contributed by atoms with Gasteiger partial charge in [-0.25, -0.2) is 4.79 Å². The summed E-state index contributed by atoms with van der Waals surface area (Å²) < 4.78 is 46.0. The fourth-order valence-corrected chi connectivity index (χ4v) is 4.38. The molecule has 160 valence electrons. The predicted molar refractivity (Wildman–Crippen MR) is 106 cm³/mol. The lowest BCUT2D eigenvalue weighted by molar-refractivity contribution is -0.185. The second-order valence-corrected chi connectivity index (χ2v) is 8.36. The van der Waals surface area contributed by atoms with Crippen molar-refractivity contribution in [3.63, 3.8) is 0 Å². The Hall–Kier alpha value is -2.77. The van der Waals surface area contributed by atoms with Gasteiger partial charge in [0.1, 0.15) is 0 Å². The molecule has 0 radical (unpaired) electrons. The lowest BCUT2D eigenvalue weighted by Crippen LogP contribution is -2.46. The Kier molecular flexibility index (Phi) is 5.11. The minimum Gasteiger partial charge on any atom is -0.449 e. The van der Waals surface area contributed by atoms with Crippen LogP contribution >= 0.6 is 0 Å². The van der Waals surface area contributed by atoms with Crippen molar-refractivity contribution in [1.29, 1.82) is 0 Å². The van der Waals surface area contributed by atoms with E-state index in [4.69, 9.17) is 4.74 Å². The molecule has 1 aromatic heterocycles. The highest BCUT2D eigenvalue weighted by Crippen LogP contribution is 2.41. The molecular formula is C22H24F3N3O2. The predicted octanol–water partition coefficient (Wildman–Crippen LogP) is 4.84. The standard InChI is InChI=1S/C22H24F3N3O2/c1-21(2)16-7-4-3-6-14(16)12-18(21)27-15-8-9-17(26-13-15)19(22(23,24)25)28-10-5-11-30-20(28)29/h3-4,6-9,13,18-19,27H,5,10-12H2,1-2H3. The molecule has 2 aromatic rings. The molecule has 2 unspecified atom stereocenters. The number of nitrogens with one attached hydrogen (secondary N) is 1.